The number of hydrogen-bond donors (Lipinski definition) is 2. The molecule has 1 heterocycles. The summed E-state index contributed by atoms with van der Waals surface area (Å²) < 4.78 is 4.95. The Labute approximate surface area is 169 Å². The zero-order valence-corrected chi connectivity index (χ0v) is 16.5. The molecule has 0 atom stereocenters. The maximum atomic E-state index is 12.6. The molecule has 0 saturated heterocycles. The second kappa shape index (κ2) is 8.97. The fraction of sp³-hybridized carbons (Fsp3) is 0.182. The molecule has 3 rings (SSSR count). The Morgan fingerprint density at radius 2 is 1.59 bits per heavy atom. The Balaban J connectivity index is 1.72. The second-order valence-corrected chi connectivity index (χ2v) is 6.43. The molecule has 29 heavy (non-hydrogen) atoms. The van der Waals surface area contributed by atoms with Crippen LogP contribution in [0.25, 0.3) is 0 Å². The summed E-state index contributed by atoms with van der Waals surface area (Å²) in [6.07, 6.45) is 0. The monoisotopic (exact) mass is 390 g/mol. The molecule has 0 unspecified atom stereocenters. The molecule has 1 aromatic heterocycles. The third kappa shape index (κ3) is 5.38. The number of aryl methyl sites for hydroxylation is 2. The minimum Gasteiger partial charge on any atom is -0.462 e. The Hall–Kier alpha value is -3.74. The molecule has 7 nitrogen and oxygen atoms in total. The quantitative estimate of drug-likeness (QED) is 0.611. The van der Waals surface area contributed by atoms with Gasteiger partial charge in [0.15, 0.2) is 0 Å². The number of hydrogen-bond acceptors (Lipinski definition) is 6. The lowest BCUT2D eigenvalue weighted by Crippen LogP contribution is -2.15. The van der Waals surface area contributed by atoms with E-state index in [0.29, 0.717) is 29.5 Å². The number of ether oxygens (including phenoxy) is 1. The highest BCUT2D eigenvalue weighted by molar-refractivity contribution is 6.03. The van der Waals surface area contributed by atoms with Crippen LogP contribution in [0.4, 0.5) is 17.2 Å². The van der Waals surface area contributed by atoms with Gasteiger partial charge < -0.3 is 15.4 Å². The average molecular weight is 390 g/mol. The number of carbonyl (C=O) groups excluding carboxylic acids is 2. The SMILES string of the molecule is CCOC(=O)c1ccc(NC(=O)c2cc(Nc3ccc(C)cc3)nc(C)n2)cc1. The van der Waals surface area contributed by atoms with Gasteiger partial charge in [-0.15, -0.1) is 0 Å². The van der Waals surface area contributed by atoms with Crippen LogP contribution in [-0.4, -0.2) is 28.5 Å². The van der Waals surface area contributed by atoms with E-state index in [9.17, 15) is 9.59 Å². The van der Waals surface area contributed by atoms with Gasteiger partial charge in [-0.05, 0) is 57.2 Å². The summed E-state index contributed by atoms with van der Waals surface area (Å²) in [5.74, 6) is 0.240. The van der Waals surface area contributed by atoms with Crippen molar-refractivity contribution in [1.82, 2.24) is 9.97 Å². The molecule has 3 aromatic rings. The fourth-order valence-corrected chi connectivity index (χ4v) is 2.63. The van der Waals surface area contributed by atoms with Crippen molar-refractivity contribution in [1.29, 1.82) is 0 Å². The molecule has 0 aliphatic carbocycles. The Morgan fingerprint density at radius 3 is 2.24 bits per heavy atom. The van der Waals surface area contributed by atoms with E-state index in [1.165, 1.54) is 0 Å². The number of nitrogens with one attached hydrogen (secondary N) is 2. The molecule has 0 radical (unpaired) electrons. The highest BCUT2D eigenvalue weighted by Gasteiger charge is 2.12. The van der Waals surface area contributed by atoms with Crippen LogP contribution in [0.5, 0.6) is 0 Å². The highest BCUT2D eigenvalue weighted by Crippen LogP contribution is 2.17. The van der Waals surface area contributed by atoms with Crippen molar-refractivity contribution in [3.63, 3.8) is 0 Å². The lowest BCUT2D eigenvalue weighted by Gasteiger charge is -2.10. The minimum atomic E-state index is -0.399. The number of rotatable bonds is 6. The van der Waals surface area contributed by atoms with Crippen molar-refractivity contribution in [2.75, 3.05) is 17.2 Å². The molecule has 2 N–H and O–H groups in total. The van der Waals surface area contributed by atoms with E-state index in [1.54, 1.807) is 44.2 Å². The summed E-state index contributed by atoms with van der Waals surface area (Å²) in [6, 6.07) is 15.9. The zero-order chi connectivity index (χ0) is 20.8. The topological polar surface area (TPSA) is 93.2 Å². The standard InChI is InChI=1S/C22H22N4O3/c1-4-29-22(28)16-7-11-18(12-8-16)26-21(27)19-13-20(24-15(3)23-19)25-17-9-5-14(2)6-10-17/h5-13H,4H2,1-3H3,(H,26,27)(H,23,24,25). The summed E-state index contributed by atoms with van der Waals surface area (Å²) in [7, 11) is 0. The maximum Gasteiger partial charge on any atom is 0.338 e. The van der Waals surface area contributed by atoms with Crippen molar-refractivity contribution in [3.05, 3.63) is 77.2 Å². The first-order valence-electron chi connectivity index (χ1n) is 9.22. The lowest BCUT2D eigenvalue weighted by molar-refractivity contribution is 0.0526. The molecule has 1 amide bonds. The first kappa shape index (κ1) is 20.0. The van der Waals surface area contributed by atoms with Crippen LogP contribution in [0.15, 0.2) is 54.6 Å². The molecule has 148 valence electrons. The number of aromatic nitrogens is 2. The molecule has 0 fully saturated rings. The molecule has 0 spiro atoms. The molecule has 0 aliphatic heterocycles. The van der Waals surface area contributed by atoms with Gasteiger partial charge in [-0.1, -0.05) is 17.7 Å². The van der Waals surface area contributed by atoms with Gasteiger partial charge in [0.2, 0.25) is 0 Å². The molecule has 2 aromatic carbocycles. The largest absolute Gasteiger partial charge is 0.462 e. The number of carbonyl (C=O) groups is 2. The van der Waals surface area contributed by atoms with Gasteiger partial charge >= 0.3 is 5.97 Å². The Bertz CT molecular complexity index is 1020. The Kier molecular flexibility index (Phi) is 6.19. The van der Waals surface area contributed by atoms with Crippen LogP contribution in [-0.2, 0) is 4.74 Å². The highest BCUT2D eigenvalue weighted by atomic mass is 16.5. The van der Waals surface area contributed by atoms with Crippen LogP contribution < -0.4 is 10.6 Å². The van der Waals surface area contributed by atoms with Crippen LogP contribution >= 0.6 is 0 Å². The van der Waals surface area contributed by atoms with Crippen LogP contribution in [0.2, 0.25) is 0 Å². The van der Waals surface area contributed by atoms with Crippen molar-refractivity contribution in [2.24, 2.45) is 0 Å². The van der Waals surface area contributed by atoms with Crippen LogP contribution in [0.3, 0.4) is 0 Å². The van der Waals surface area contributed by atoms with Gasteiger partial charge in [0, 0.05) is 17.4 Å². The van der Waals surface area contributed by atoms with E-state index in [2.05, 4.69) is 20.6 Å². The molecule has 0 aliphatic rings. The van der Waals surface area contributed by atoms with E-state index >= 15 is 0 Å². The van der Waals surface area contributed by atoms with E-state index < -0.39 is 5.97 Å². The summed E-state index contributed by atoms with van der Waals surface area (Å²) in [5.41, 5.74) is 3.24. The van der Waals surface area contributed by atoms with Crippen molar-refractivity contribution in [3.8, 4) is 0 Å². The van der Waals surface area contributed by atoms with Gasteiger partial charge in [-0.25, -0.2) is 14.8 Å². The normalized spacial score (nSPS) is 10.3. The molecular formula is C22H22N4O3. The summed E-state index contributed by atoms with van der Waals surface area (Å²) in [6.45, 7) is 5.80. The van der Waals surface area contributed by atoms with Gasteiger partial charge in [0.1, 0.15) is 17.3 Å². The van der Waals surface area contributed by atoms with E-state index in [-0.39, 0.29) is 11.6 Å². The number of amides is 1. The Morgan fingerprint density at radius 1 is 0.931 bits per heavy atom. The summed E-state index contributed by atoms with van der Waals surface area (Å²) >= 11 is 0. The predicted octanol–water partition coefficient (Wildman–Crippen LogP) is 4.27. The van der Waals surface area contributed by atoms with Gasteiger partial charge in [0.05, 0.1) is 12.2 Å². The summed E-state index contributed by atoms with van der Waals surface area (Å²) in [5, 5.41) is 5.95. The number of benzene rings is 2. The van der Waals surface area contributed by atoms with Crippen molar-refractivity contribution >= 4 is 29.1 Å². The van der Waals surface area contributed by atoms with E-state index in [0.717, 1.165) is 11.3 Å². The lowest BCUT2D eigenvalue weighted by atomic mass is 10.2. The molecular weight excluding hydrogens is 368 g/mol. The van der Waals surface area contributed by atoms with Crippen LogP contribution in [0.1, 0.15) is 39.2 Å². The van der Waals surface area contributed by atoms with Crippen molar-refractivity contribution < 1.29 is 14.3 Å². The first-order valence-corrected chi connectivity index (χ1v) is 9.22. The first-order chi connectivity index (χ1) is 13.9. The van der Waals surface area contributed by atoms with Gasteiger partial charge in [0.25, 0.3) is 5.91 Å². The van der Waals surface area contributed by atoms with Gasteiger partial charge in [-0.2, -0.15) is 0 Å². The third-order valence-corrected chi connectivity index (χ3v) is 4.05. The van der Waals surface area contributed by atoms with Crippen molar-refractivity contribution in [2.45, 2.75) is 20.8 Å². The van der Waals surface area contributed by atoms with Gasteiger partial charge in [-0.3, -0.25) is 4.79 Å². The summed E-state index contributed by atoms with van der Waals surface area (Å²) in [4.78, 5) is 32.9. The number of nitrogens with zero attached hydrogens (tertiary/aromatic N) is 2. The zero-order valence-electron chi connectivity index (χ0n) is 16.5. The smallest absolute Gasteiger partial charge is 0.338 e. The maximum absolute atomic E-state index is 12.6. The number of anilines is 3. The third-order valence-electron chi connectivity index (χ3n) is 4.05. The van der Waals surface area contributed by atoms with Crippen LogP contribution in [0, 0.1) is 13.8 Å². The minimum absolute atomic E-state index is 0.238. The molecule has 7 heteroatoms. The second-order valence-electron chi connectivity index (χ2n) is 6.43. The fourth-order valence-electron chi connectivity index (χ4n) is 2.63. The number of esters is 1. The van der Waals surface area contributed by atoms with E-state index in [1.807, 2.05) is 31.2 Å². The van der Waals surface area contributed by atoms with E-state index in [4.69, 9.17) is 4.74 Å². The molecule has 0 bridgehead atoms. The molecule has 0 saturated carbocycles. The predicted molar refractivity (Wildman–Crippen MR) is 112 cm³/mol. The average Bonchev–Trinajstić information content (AvgIpc) is 2.70.